The van der Waals surface area contributed by atoms with Crippen LogP contribution in [0.3, 0.4) is 0 Å². The van der Waals surface area contributed by atoms with Gasteiger partial charge < -0.3 is 10.2 Å². The zero-order chi connectivity index (χ0) is 19.6. The van der Waals surface area contributed by atoms with Crippen LogP contribution < -0.4 is 5.01 Å². The number of benzene rings is 2. The smallest absolute Gasteiger partial charge is 0.336 e. The molecule has 1 amide bonds. The standard InChI is InChI=1S/C18H14N4O5/c1-10-15(16(23)22(21-10)12-5-3-2-4-6-12)20-19-11-7-8-13(17(24)25)14(9-11)18(26)27/h2-9,15H,1H3,(H,24,25)(H,26,27). The van der Waals surface area contributed by atoms with Gasteiger partial charge >= 0.3 is 11.9 Å². The van der Waals surface area contributed by atoms with Gasteiger partial charge in [-0.15, -0.1) is 0 Å². The highest BCUT2D eigenvalue weighted by molar-refractivity contribution is 6.18. The quantitative estimate of drug-likeness (QED) is 0.785. The summed E-state index contributed by atoms with van der Waals surface area (Å²) >= 11 is 0. The molecular formula is C18H14N4O5. The van der Waals surface area contributed by atoms with Gasteiger partial charge in [-0.1, -0.05) is 18.2 Å². The predicted octanol–water partition coefficient (Wildman–Crippen LogP) is 2.96. The van der Waals surface area contributed by atoms with Gasteiger partial charge in [0.05, 0.1) is 28.2 Å². The highest BCUT2D eigenvalue weighted by atomic mass is 16.4. The van der Waals surface area contributed by atoms with Gasteiger partial charge in [-0.25, -0.2) is 9.59 Å². The van der Waals surface area contributed by atoms with Crippen molar-refractivity contribution in [3.63, 3.8) is 0 Å². The summed E-state index contributed by atoms with van der Waals surface area (Å²) in [4.78, 5) is 34.8. The fraction of sp³-hybridized carbons (Fsp3) is 0.111. The molecule has 0 bridgehead atoms. The molecule has 0 aromatic heterocycles. The average molecular weight is 366 g/mol. The Morgan fingerprint density at radius 2 is 1.70 bits per heavy atom. The van der Waals surface area contributed by atoms with Gasteiger partial charge in [0, 0.05) is 0 Å². The van der Waals surface area contributed by atoms with Crippen molar-refractivity contribution in [3.8, 4) is 0 Å². The van der Waals surface area contributed by atoms with Crippen LogP contribution in [0.2, 0.25) is 0 Å². The molecule has 1 aliphatic heterocycles. The number of carboxylic acid groups (broad SMARTS) is 2. The number of carbonyl (C=O) groups excluding carboxylic acids is 1. The maximum absolute atomic E-state index is 12.5. The van der Waals surface area contributed by atoms with E-state index in [9.17, 15) is 14.4 Å². The van der Waals surface area contributed by atoms with Gasteiger partial charge in [0.2, 0.25) is 0 Å². The summed E-state index contributed by atoms with van der Waals surface area (Å²) in [6.45, 7) is 1.64. The van der Waals surface area contributed by atoms with E-state index >= 15 is 0 Å². The first-order chi connectivity index (χ1) is 12.9. The van der Waals surface area contributed by atoms with Crippen molar-refractivity contribution < 1.29 is 24.6 Å². The third-order valence-electron chi connectivity index (χ3n) is 3.85. The number of rotatable bonds is 5. The van der Waals surface area contributed by atoms with Crippen LogP contribution in [0.5, 0.6) is 0 Å². The van der Waals surface area contributed by atoms with Crippen molar-refractivity contribution in [1.82, 2.24) is 0 Å². The lowest BCUT2D eigenvalue weighted by atomic mass is 10.1. The Kier molecular flexibility index (Phi) is 4.75. The van der Waals surface area contributed by atoms with Crippen molar-refractivity contribution in [1.29, 1.82) is 0 Å². The van der Waals surface area contributed by atoms with Crippen LogP contribution in [0, 0.1) is 0 Å². The minimum atomic E-state index is -1.39. The number of amides is 1. The predicted molar refractivity (Wildman–Crippen MR) is 95.7 cm³/mol. The lowest BCUT2D eigenvalue weighted by Crippen LogP contribution is -2.29. The van der Waals surface area contributed by atoms with Crippen LogP contribution in [0.25, 0.3) is 0 Å². The van der Waals surface area contributed by atoms with E-state index in [2.05, 4.69) is 15.3 Å². The van der Waals surface area contributed by atoms with Gasteiger partial charge in [0.25, 0.3) is 5.91 Å². The summed E-state index contributed by atoms with van der Waals surface area (Å²) in [5.41, 5.74) is 0.391. The summed E-state index contributed by atoms with van der Waals surface area (Å²) in [7, 11) is 0. The lowest BCUT2D eigenvalue weighted by molar-refractivity contribution is -0.117. The molecule has 3 rings (SSSR count). The van der Waals surface area contributed by atoms with Crippen molar-refractivity contribution in [2.45, 2.75) is 13.0 Å². The summed E-state index contributed by atoms with van der Waals surface area (Å²) in [6.07, 6.45) is 0. The largest absolute Gasteiger partial charge is 0.478 e. The van der Waals surface area contributed by atoms with Crippen LogP contribution in [-0.4, -0.2) is 39.8 Å². The van der Waals surface area contributed by atoms with Gasteiger partial charge in [-0.05, 0) is 37.3 Å². The molecule has 1 aliphatic rings. The first-order valence-electron chi connectivity index (χ1n) is 7.84. The van der Waals surface area contributed by atoms with Crippen molar-refractivity contribution >= 4 is 34.9 Å². The topological polar surface area (TPSA) is 132 Å². The van der Waals surface area contributed by atoms with Crippen LogP contribution in [0.4, 0.5) is 11.4 Å². The van der Waals surface area contributed by atoms with Gasteiger partial charge in [-0.3, -0.25) is 4.79 Å². The van der Waals surface area contributed by atoms with Crippen LogP contribution in [0.1, 0.15) is 27.6 Å². The monoisotopic (exact) mass is 366 g/mol. The van der Waals surface area contributed by atoms with Crippen molar-refractivity contribution in [3.05, 3.63) is 59.7 Å². The summed E-state index contributed by atoms with van der Waals surface area (Å²) in [5.74, 6) is -3.14. The Labute approximate surface area is 153 Å². The van der Waals surface area contributed by atoms with Gasteiger partial charge in [-0.2, -0.15) is 20.3 Å². The molecule has 0 saturated carbocycles. The summed E-state index contributed by atoms with van der Waals surface area (Å²) in [5, 5.41) is 31.5. The molecular weight excluding hydrogens is 352 g/mol. The number of carbonyl (C=O) groups is 3. The molecule has 2 aromatic carbocycles. The average Bonchev–Trinajstić information content (AvgIpc) is 2.94. The van der Waals surface area contributed by atoms with E-state index in [0.29, 0.717) is 11.4 Å². The van der Waals surface area contributed by atoms with Crippen molar-refractivity contribution in [2.24, 2.45) is 15.3 Å². The molecule has 1 unspecified atom stereocenters. The number of hydrazone groups is 1. The van der Waals surface area contributed by atoms with E-state index in [0.717, 1.165) is 12.1 Å². The van der Waals surface area contributed by atoms with E-state index in [1.807, 2.05) is 6.07 Å². The molecule has 0 fully saturated rings. The highest BCUT2D eigenvalue weighted by Crippen LogP contribution is 2.24. The second-order valence-corrected chi connectivity index (χ2v) is 5.69. The minimum Gasteiger partial charge on any atom is -0.478 e. The number of para-hydroxylation sites is 1. The van der Waals surface area contributed by atoms with Crippen LogP contribution in [-0.2, 0) is 4.79 Å². The molecule has 27 heavy (non-hydrogen) atoms. The van der Waals surface area contributed by atoms with E-state index in [-0.39, 0.29) is 17.2 Å². The van der Waals surface area contributed by atoms with E-state index in [1.165, 1.54) is 11.1 Å². The fourth-order valence-electron chi connectivity index (χ4n) is 2.53. The minimum absolute atomic E-state index is 0.121. The molecule has 1 heterocycles. The van der Waals surface area contributed by atoms with E-state index < -0.39 is 23.5 Å². The number of anilines is 1. The van der Waals surface area contributed by atoms with Crippen LogP contribution in [0.15, 0.2) is 63.9 Å². The molecule has 2 aromatic rings. The van der Waals surface area contributed by atoms with E-state index in [4.69, 9.17) is 10.2 Å². The highest BCUT2D eigenvalue weighted by Gasteiger charge is 2.34. The molecule has 1 atom stereocenters. The maximum atomic E-state index is 12.5. The third-order valence-corrected chi connectivity index (χ3v) is 3.85. The normalized spacial score (nSPS) is 16.6. The Morgan fingerprint density at radius 1 is 1.04 bits per heavy atom. The zero-order valence-electron chi connectivity index (χ0n) is 14.1. The molecule has 9 heteroatoms. The molecule has 0 saturated heterocycles. The number of aromatic carboxylic acids is 2. The molecule has 136 valence electrons. The second-order valence-electron chi connectivity index (χ2n) is 5.69. The Morgan fingerprint density at radius 3 is 2.33 bits per heavy atom. The van der Waals surface area contributed by atoms with Gasteiger partial charge in [0.1, 0.15) is 0 Å². The van der Waals surface area contributed by atoms with Crippen molar-refractivity contribution in [2.75, 3.05) is 5.01 Å². The number of hydrogen-bond donors (Lipinski definition) is 2. The number of nitrogens with zero attached hydrogens (tertiary/aromatic N) is 4. The Hall–Kier alpha value is -3.88. The lowest BCUT2D eigenvalue weighted by Gasteiger charge is -2.11. The summed E-state index contributed by atoms with van der Waals surface area (Å²) < 4.78 is 0. The summed E-state index contributed by atoms with van der Waals surface area (Å²) in [6, 6.07) is 11.5. The third kappa shape index (κ3) is 3.56. The number of hydrogen-bond acceptors (Lipinski definition) is 6. The Balaban J connectivity index is 1.85. The fourth-order valence-corrected chi connectivity index (χ4v) is 2.53. The molecule has 2 N–H and O–H groups in total. The first kappa shape index (κ1) is 17.9. The molecule has 0 radical (unpaired) electrons. The number of azo groups is 1. The first-order valence-corrected chi connectivity index (χ1v) is 7.84. The Bertz CT molecular complexity index is 985. The zero-order valence-corrected chi connectivity index (χ0v) is 14.1. The van der Waals surface area contributed by atoms with Gasteiger partial charge in [0.15, 0.2) is 6.04 Å². The SMILES string of the molecule is CC1=NN(c2ccccc2)C(=O)C1N=Nc1ccc(C(=O)O)c(C(=O)O)c1. The van der Waals surface area contributed by atoms with E-state index in [1.54, 1.807) is 31.2 Å². The molecule has 9 nitrogen and oxygen atoms in total. The number of carboxylic acids is 2. The maximum Gasteiger partial charge on any atom is 0.336 e. The molecule has 0 spiro atoms. The molecule has 0 aliphatic carbocycles. The second kappa shape index (κ2) is 7.16. The van der Waals surface area contributed by atoms with Crippen LogP contribution >= 0.6 is 0 Å².